The van der Waals surface area contributed by atoms with Gasteiger partial charge in [0.1, 0.15) is 0 Å². The summed E-state index contributed by atoms with van der Waals surface area (Å²) in [7, 11) is 0. The molecule has 3 aromatic rings. The molecule has 0 heterocycles. The second kappa shape index (κ2) is 10.8. The number of ether oxygens (including phenoxy) is 1. The Kier molecular flexibility index (Phi) is 7.58. The number of hydrogen-bond donors (Lipinski definition) is 0. The van der Waals surface area contributed by atoms with Crippen molar-refractivity contribution in [2.45, 2.75) is 19.4 Å². The van der Waals surface area contributed by atoms with Crippen molar-refractivity contribution in [3.8, 4) is 0 Å². The van der Waals surface area contributed by atoms with Crippen LogP contribution >= 0.6 is 0 Å². The molecule has 0 fully saturated rings. The molecule has 0 aliphatic rings. The molecule has 29 heavy (non-hydrogen) atoms. The molecular formula is C25H25NO3. The zero-order chi connectivity index (χ0) is 20.3. The fourth-order valence-corrected chi connectivity index (χ4v) is 3.05. The summed E-state index contributed by atoms with van der Waals surface area (Å²) in [5.74, 6) is -0.585. The van der Waals surface area contributed by atoms with Crippen LogP contribution in [0.2, 0.25) is 0 Å². The highest BCUT2D eigenvalue weighted by Crippen LogP contribution is 2.09. The number of hydrogen-bond acceptors (Lipinski definition) is 3. The number of nitrogens with zero attached hydrogens (tertiary/aromatic N) is 1. The second-order valence-corrected chi connectivity index (χ2v) is 6.86. The van der Waals surface area contributed by atoms with E-state index in [9.17, 15) is 9.59 Å². The van der Waals surface area contributed by atoms with Gasteiger partial charge in [0, 0.05) is 13.1 Å². The highest BCUT2D eigenvalue weighted by molar-refractivity contribution is 5.81. The monoisotopic (exact) mass is 387 g/mol. The van der Waals surface area contributed by atoms with Crippen molar-refractivity contribution in [1.29, 1.82) is 0 Å². The van der Waals surface area contributed by atoms with Crippen LogP contribution in [0.5, 0.6) is 0 Å². The van der Waals surface area contributed by atoms with Crippen LogP contribution in [0.25, 0.3) is 0 Å². The third-order valence-corrected chi connectivity index (χ3v) is 4.63. The van der Waals surface area contributed by atoms with Crippen molar-refractivity contribution < 1.29 is 14.3 Å². The zero-order valence-corrected chi connectivity index (χ0v) is 16.4. The molecule has 0 atom stereocenters. The largest absolute Gasteiger partial charge is 0.455 e. The van der Waals surface area contributed by atoms with Crippen LogP contribution in [0.3, 0.4) is 0 Å². The number of benzene rings is 3. The van der Waals surface area contributed by atoms with E-state index in [0.717, 1.165) is 17.5 Å². The van der Waals surface area contributed by atoms with Crippen molar-refractivity contribution in [2.24, 2.45) is 0 Å². The van der Waals surface area contributed by atoms with Gasteiger partial charge in [-0.2, -0.15) is 0 Å². The summed E-state index contributed by atoms with van der Waals surface area (Å²) in [6.07, 6.45) is 0.911. The van der Waals surface area contributed by atoms with E-state index in [-0.39, 0.29) is 18.9 Å². The third-order valence-electron chi connectivity index (χ3n) is 4.63. The first-order valence-corrected chi connectivity index (χ1v) is 9.76. The molecule has 0 N–H and O–H groups in total. The summed E-state index contributed by atoms with van der Waals surface area (Å²) in [5.41, 5.74) is 3.08. The molecule has 0 saturated carbocycles. The van der Waals surface area contributed by atoms with Crippen LogP contribution < -0.4 is 0 Å². The van der Waals surface area contributed by atoms with E-state index in [1.807, 2.05) is 91.0 Å². The zero-order valence-electron chi connectivity index (χ0n) is 16.4. The van der Waals surface area contributed by atoms with E-state index in [0.29, 0.717) is 13.1 Å². The fraction of sp³-hybridized carbons (Fsp3) is 0.200. The summed E-state index contributed by atoms with van der Waals surface area (Å²) in [6, 6.07) is 29.3. The van der Waals surface area contributed by atoms with Gasteiger partial charge in [-0.15, -0.1) is 0 Å². The Morgan fingerprint density at radius 1 is 0.690 bits per heavy atom. The number of amides is 1. The van der Waals surface area contributed by atoms with E-state index < -0.39 is 5.97 Å². The van der Waals surface area contributed by atoms with Crippen molar-refractivity contribution in [1.82, 2.24) is 4.90 Å². The molecule has 1 amide bonds. The highest BCUT2D eigenvalue weighted by atomic mass is 16.5. The lowest BCUT2D eigenvalue weighted by Crippen LogP contribution is -2.36. The standard InChI is InChI=1S/C25H25NO3/c27-24(20-29-25(28)18-22-12-6-2-7-13-22)26(19-23-14-8-3-9-15-23)17-16-21-10-4-1-5-11-21/h1-15H,16-20H2. The number of esters is 1. The van der Waals surface area contributed by atoms with Crippen molar-refractivity contribution in [3.63, 3.8) is 0 Å². The smallest absolute Gasteiger partial charge is 0.310 e. The lowest BCUT2D eigenvalue weighted by Gasteiger charge is -2.23. The minimum Gasteiger partial charge on any atom is -0.455 e. The first-order chi connectivity index (χ1) is 14.2. The summed E-state index contributed by atoms with van der Waals surface area (Å²) in [5, 5.41) is 0. The fourth-order valence-electron chi connectivity index (χ4n) is 3.05. The second-order valence-electron chi connectivity index (χ2n) is 6.86. The predicted octanol–water partition coefficient (Wildman–Crippen LogP) is 4.04. The molecule has 0 unspecified atom stereocenters. The maximum atomic E-state index is 12.8. The average molecular weight is 387 g/mol. The molecule has 0 aliphatic carbocycles. The maximum Gasteiger partial charge on any atom is 0.310 e. The number of carbonyl (C=O) groups excluding carboxylic acids is 2. The van der Waals surface area contributed by atoms with Gasteiger partial charge < -0.3 is 9.64 Å². The van der Waals surface area contributed by atoms with Crippen molar-refractivity contribution >= 4 is 11.9 Å². The lowest BCUT2D eigenvalue weighted by molar-refractivity contribution is -0.151. The Balaban J connectivity index is 1.57. The third kappa shape index (κ3) is 6.92. The van der Waals surface area contributed by atoms with Gasteiger partial charge in [0.25, 0.3) is 5.91 Å². The summed E-state index contributed by atoms with van der Waals surface area (Å²) in [6.45, 7) is 0.810. The normalized spacial score (nSPS) is 10.3. The molecule has 4 heteroatoms. The van der Waals surface area contributed by atoms with Gasteiger partial charge >= 0.3 is 5.97 Å². The SMILES string of the molecule is O=C(Cc1ccccc1)OCC(=O)N(CCc1ccccc1)Cc1ccccc1. The molecule has 3 aromatic carbocycles. The van der Waals surface area contributed by atoms with Gasteiger partial charge in [0.15, 0.2) is 6.61 Å². The summed E-state index contributed by atoms with van der Waals surface area (Å²) in [4.78, 5) is 26.6. The van der Waals surface area contributed by atoms with Crippen LogP contribution in [0, 0.1) is 0 Å². The quantitative estimate of drug-likeness (QED) is 0.521. The van der Waals surface area contributed by atoms with E-state index in [1.165, 1.54) is 5.56 Å². The molecule has 0 saturated heterocycles. The van der Waals surface area contributed by atoms with E-state index in [2.05, 4.69) is 0 Å². The van der Waals surface area contributed by atoms with Crippen LogP contribution in [-0.4, -0.2) is 29.9 Å². The number of rotatable bonds is 9. The first kappa shape index (κ1) is 20.3. The Labute approximate surface area is 171 Å². The minimum atomic E-state index is -0.396. The van der Waals surface area contributed by atoms with Gasteiger partial charge in [-0.1, -0.05) is 91.0 Å². The maximum absolute atomic E-state index is 12.8. The number of carbonyl (C=O) groups is 2. The van der Waals surface area contributed by atoms with Gasteiger partial charge in [0.05, 0.1) is 6.42 Å². The molecule has 4 nitrogen and oxygen atoms in total. The lowest BCUT2D eigenvalue weighted by atomic mass is 10.1. The van der Waals surface area contributed by atoms with Gasteiger partial charge in [-0.3, -0.25) is 9.59 Å². The van der Waals surface area contributed by atoms with Crippen LogP contribution in [0.4, 0.5) is 0 Å². The van der Waals surface area contributed by atoms with E-state index in [4.69, 9.17) is 4.74 Å². The predicted molar refractivity (Wildman–Crippen MR) is 113 cm³/mol. The Bertz CT molecular complexity index is 895. The molecule has 148 valence electrons. The Hall–Kier alpha value is -3.40. The first-order valence-electron chi connectivity index (χ1n) is 9.76. The van der Waals surface area contributed by atoms with Gasteiger partial charge in [-0.05, 0) is 23.1 Å². The molecule has 0 bridgehead atoms. The summed E-state index contributed by atoms with van der Waals surface area (Å²) >= 11 is 0. The topological polar surface area (TPSA) is 46.6 Å². The molecule has 3 rings (SSSR count). The van der Waals surface area contributed by atoms with Crippen LogP contribution in [0.15, 0.2) is 91.0 Å². The Morgan fingerprint density at radius 3 is 1.79 bits per heavy atom. The molecule has 0 spiro atoms. The average Bonchev–Trinajstić information content (AvgIpc) is 2.77. The molecule has 0 aliphatic heterocycles. The van der Waals surface area contributed by atoms with Crippen LogP contribution in [0.1, 0.15) is 16.7 Å². The van der Waals surface area contributed by atoms with Crippen molar-refractivity contribution in [2.75, 3.05) is 13.2 Å². The van der Waals surface area contributed by atoms with Crippen LogP contribution in [-0.2, 0) is 33.7 Å². The summed E-state index contributed by atoms with van der Waals surface area (Å²) < 4.78 is 5.25. The molecule has 0 aromatic heterocycles. The minimum absolute atomic E-state index is 0.164. The van der Waals surface area contributed by atoms with Gasteiger partial charge in [0.2, 0.25) is 0 Å². The Morgan fingerprint density at radius 2 is 1.21 bits per heavy atom. The van der Waals surface area contributed by atoms with Gasteiger partial charge in [-0.25, -0.2) is 0 Å². The molecular weight excluding hydrogens is 362 g/mol. The van der Waals surface area contributed by atoms with E-state index in [1.54, 1.807) is 4.90 Å². The van der Waals surface area contributed by atoms with Crippen molar-refractivity contribution in [3.05, 3.63) is 108 Å². The highest BCUT2D eigenvalue weighted by Gasteiger charge is 2.16. The molecule has 0 radical (unpaired) electrons. The van der Waals surface area contributed by atoms with E-state index >= 15 is 0 Å².